The number of nitrogens with one attached hydrogen (secondary N) is 1. The fraction of sp³-hybridized carbons (Fsp3) is 0.833. The normalized spacial score (nSPS) is 18.4. The summed E-state index contributed by atoms with van der Waals surface area (Å²) in [6.45, 7) is 5.20. The van der Waals surface area contributed by atoms with E-state index in [1.54, 1.807) is 13.8 Å². The number of rotatable bonds is 11. The molecular weight excluding hydrogens is 378 g/mol. The number of hydrogen-bond donors (Lipinski definition) is 1. The van der Waals surface area contributed by atoms with Crippen LogP contribution in [0.5, 0.6) is 0 Å². The lowest BCUT2D eigenvalue weighted by Gasteiger charge is -2.32. The van der Waals surface area contributed by atoms with Crippen LogP contribution in [0.3, 0.4) is 0 Å². The Bertz CT molecular complexity index is 476. The zero-order chi connectivity index (χ0) is 20.3. The second-order valence-electron chi connectivity index (χ2n) is 6.27. The summed E-state index contributed by atoms with van der Waals surface area (Å²) in [7, 11) is 0. The third kappa shape index (κ3) is 7.27. The molecule has 156 valence electrons. The molecule has 2 atom stereocenters. The fourth-order valence-corrected chi connectivity index (χ4v) is 3.08. The van der Waals surface area contributed by atoms with E-state index in [0.29, 0.717) is 6.61 Å². The molecule has 0 aliphatic carbocycles. The smallest absolute Gasteiger partial charge is 0.343 e. The fourth-order valence-electron chi connectivity index (χ4n) is 2.85. The van der Waals surface area contributed by atoms with Crippen molar-refractivity contribution >= 4 is 29.4 Å². The summed E-state index contributed by atoms with van der Waals surface area (Å²) in [5.74, 6) is -2.11. The van der Waals surface area contributed by atoms with E-state index >= 15 is 0 Å². The Balaban J connectivity index is 2.92. The second-order valence-corrected chi connectivity index (χ2v) is 6.58. The predicted octanol–water partition coefficient (Wildman–Crippen LogP) is 1.92. The van der Waals surface area contributed by atoms with Gasteiger partial charge in [0.15, 0.2) is 6.29 Å². The SMILES string of the molecule is CCOC(=O)C(CCC(CCl)OC1CCCCO1)(NC(C)=O)C(=O)OCC. The summed E-state index contributed by atoms with van der Waals surface area (Å²) in [4.78, 5) is 36.8. The van der Waals surface area contributed by atoms with Gasteiger partial charge in [-0.25, -0.2) is 9.59 Å². The van der Waals surface area contributed by atoms with Crippen molar-refractivity contribution in [3.05, 3.63) is 0 Å². The minimum Gasteiger partial charge on any atom is -0.464 e. The summed E-state index contributed by atoms with van der Waals surface area (Å²) >= 11 is 6.00. The van der Waals surface area contributed by atoms with E-state index < -0.39 is 29.5 Å². The zero-order valence-electron chi connectivity index (χ0n) is 16.3. The van der Waals surface area contributed by atoms with Crippen molar-refractivity contribution in [2.24, 2.45) is 0 Å². The van der Waals surface area contributed by atoms with Gasteiger partial charge in [-0.1, -0.05) is 0 Å². The van der Waals surface area contributed by atoms with Crippen molar-refractivity contribution in [3.63, 3.8) is 0 Å². The molecule has 0 spiro atoms. The van der Waals surface area contributed by atoms with Gasteiger partial charge in [0.2, 0.25) is 11.4 Å². The maximum absolute atomic E-state index is 12.6. The first kappa shape index (κ1) is 23.7. The summed E-state index contributed by atoms with van der Waals surface area (Å²) in [5.41, 5.74) is -1.93. The molecule has 0 saturated carbocycles. The maximum atomic E-state index is 12.6. The van der Waals surface area contributed by atoms with Crippen molar-refractivity contribution in [2.75, 3.05) is 25.7 Å². The van der Waals surface area contributed by atoms with Crippen molar-refractivity contribution in [1.29, 1.82) is 0 Å². The second kappa shape index (κ2) is 12.2. The van der Waals surface area contributed by atoms with E-state index in [2.05, 4.69) is 5.32 Å². The number of halogens is 1. The van der Waals surface area contributed by atoms with E-state index in [1.165, 1.54) is 6.92 Å². The summed E-state index contributed by atoms with van der Waals surface area (Å²) < 4.78 is 21.5. The molecule has 1 rings (SSSR count). The lowest BCUT2D eigenvalue weighted by atomic mass is 9.91. The largest absolute Gasteiger partial charge is 0.464 e. The molecule has 0 aromatic heterocycles. The third-order valence-corrected chi connectivity index (χ3v) is 4.48. The Hall–Kier alpha value is -1.38. The lowest BCUT2D eigenvalue weighted by molar-refractivity contribution is -0.186. The van der Waals surface area contributed by atoms with Gasteiger partial charge in [-0.2, -0.15) is 0 Å². The highest BCUT2D eigenvalue weighted by Crippen LogP contribution is 2.23. The molecule has 1 aliphatic heterocycles. The van der Waals surface area contributed by atoms with E-state index in [4.69, 9.17) is 30.5 Å². The number of ether oxygens (including phenoxy) is 4. The summed E-state index contributed by atoms with van der Waals surface area (Å²) in [6, 6.07) is 0. The third-order valence-electron chi connectivity index (χ3n) is 4.13. The Morgan fingerprint density at radius 3 is 2.26 bits per heavy atom. The number of carbonyl (C=O) groups is 3. The minimum absolute atomic E-state index is 0.0604. The van der Waals surface area contributed by atoms with Crippen LogP contribution in [0.25, 0.3) is 0 Å². The highest BCUT2D eigenvalue weighted by molar-refractivity contribution is 6.18. The van der Waals surface area contributed by atoms with Crippen LogP contribution in [0, 0.1) is 0 Å². The van der Waals surface area contributed by atoms with E-state index in [0.717, 1.165) is 19.3 Å². The molecule has 1 amide bonds. The molecule has 0 bridgehead atoms. The van der Waals surface area contributed by atoms with Gasteiger partial charge in [0.1, 0.15) is 0 Å². The monoisotopic (exact) mass is 407 g/mol. The molecule has 1 aliphatic rings. The topological polar surface area (TPSA) is 100 Å². The van der Waals surface area contributed by atoms with Crippen molar-refractivity contribution in [3.8, 4) is 0 Å². The summed E-state index contributed by atoms with van der Waals surface area (Å²) in [6.07, 6.45) is 2.12. The van der Waals surface area contributed by atoms with Crippen LogP contribution in [0.1, 0.15) is 52.9 Å². The van der Waals surface area contributed by atoms with E-state index in [9.17, 15) is 14.4 Å². The van der Waals surface area contributed by atoms with Crippen molar-refractivity contribution < 1.29 is 33.3 Å². The van der Waals surface area contributed by atoms with Gasteiger partial charge < -0.3 is 24.3 Å². The molecule has 1 saturated heterocycles. The van der Waals surface area contributed by atoms with Gasteiger partial charge in [0, 0.05) is 19.4 Å². The number of esters is 2. The number of carbonyl (C=O) groups excluding carboxylic acids is 3. The Labute approximate surface area is 165 Å². The quantitative estimate of drug-likeness (QED) is 0.317. The maximum Gasteiger partial charge on any atom is 0.343 e. The standard InChI is InChI=1S/C18H30ClNO7/c1-4-24-16(22)18(20-13(3)21,17(23)25-5-2)10-9-14(12-19)27-15-8-6-7-11-26-15/h14-15H,4-12H2,1-3H3,(H,20,21). The average Bonchev–Trinajstić information content (AvgIpc) is 2.64. The molecule has 0 aromatic carbocycles. The zero-order valence-corrected chi connectivity index (χ0v) is 17.0. The van der Waals surface area contributed by atoms with Crippen LogP contribution >= 0.6 is 11.6 Å². The molecule has 27 heavy (non-hydrogen) atoms. The number of hydrogen-bond acceptors (Lipinski definition) is 7. The molecule has 1 N–H and O–H groups in total. The van der Waals surface area contributed by atoms with Gasteiger partial charge in [-0.3, -0.25) is 4.79 Å². The van der Waals surface area contributed by atoms with Crippen LogP contribution in [-0.4, -0.2) is 61.5 Å². The van der Waals surface area contributed by atoms with Crippen molar-refractivity contribution in [1.82, 2.24) is 5.32 Å². The van der Waals surface area contributed by atoms with Gasteiger partial charge >= 0.3 is 11.9 Å². The van der Waals surface area contributed by atoms with Gasteiger partial charge in [0.05, 0.1) is 19.3 Å². The van der Waals surface area contributed by atoms with Crippen LogP contribution in [0.15, 0.2) is 0 Å². The minimum atomic E-state index is -1.93. The lowest BCUT2D eigenvalue weighted by Crippen LogP contribution is -2.61. The first-order valence-corrected chi connectivity index (χ1v) is 9.89. The Morgan fingerprint density at radius 1 is 1.19 bits per heavy atom. The molecule has 1 heterocycles. The highest BCUT2D eigenvalue weighted by atomic mass is 35.5. The molecule has 9 heteroatoms. The Morgan fingerprint density at radius 2 is 1.81 bits per heavy atom. The molecule has 0 radical (unpaired) electrons. The van der Waals surface area contributed by atoms with Crippen LogP contribution in [0.2, 0.25) is 0 Å². The van der Waals surface area contributed by atoms with Crippen LogP contribution < -0.4 is 5.32 Å². The Kier molecular flexibility index (Phi) is 10.6. The molecule has 8 nitrogen and oxygen atoms in total. The number of amides is 1. The van der Waals surface area contributed by atoms with E-state index in [1.807, 2.05) is 0 Å². The highest BCUT2D eigenvalue weighted by Gasteiger charge is 2.50. The predicted molar refractivity (Wildman–Crippen MR) is 98.2 cm³/mol. The van der Waals surface area contributed by atoms with Gasteiger partial charge in [-0.15, -0.1) is 11.6 Å². The van der Waals surface area contributed by atoms with Gasteiger partial charge in [0.25, 0.3) is 0 Å². The van der Waals surface area contributed by atoms with E-state index in [-0.39, 0.29) is 38.2 Å². The number of alkyl halides is 1. The molecule has 2 unspecified atom stereocenters. The first-order valence-electron chi connectivity index (χ1n) is 9.35. The average molecular weight is 408 g/mol. The molecule has 1 fully saturated rings. The molecular formula is C18H30ClNO7. The van der Waals surface area contributed by atoms with Crippen LogP contribution in [0.4, 0.5) is 0 Å². The van der Waals surface area contributed by atoms with Crippen molar-refractivity contribution in [2.45, 2.75) is 70.8 Å². The summed E-state index contributed by atoms with van der Waals surface area (Å²) in [5, 5.41) is 2.43. The van der Waals surface area contributed by atoms with Crippen LogP contribution in [-0.2, 0) is 33.3 Å². The molecule has 0 aromatic rings. The first-order chi connectivity index (χ1) is 12.9. The van der Waals surface area contributed by atoms with Gasteiger partial charge in [-0.05, 0) is 46.0 Å².